The normalized spacial score (nSPS) is 15.1. The summed E-state index contributed by atoms with van der Waals surface area (Å²) in [5, 5.41) is 3.07. The van der Waals surface area contributed by atoms with Crippen molar-refractivity contribution in [2.45, 2.75) is 32.7 Å². The van der Waals surface area contributed by atoms with Crippen molar-refractivity contribution >= 4 is 17.9 Å². The van der Waals surface area contributed by atoms with Crippen LogP contribution in [0.3, 0.4) is 0 Å². The molecule has 1 saturated heterocycles. The predicted molar refractivity (Wildman–Crippen MR) is 108 cm³/mol. The number of hydrogen-bond donors (Lipinski definition) is 1. The van der Waals surface area contributed by atoms with E-state index in [1.807, 2.05) is 47.4 Å². The molecule has 0 radical (unpaired) electrons. The van der Waals surface area contributed by atoms with Crippen LogP contribution >= 0.6 is 0 Å². The van der Waals surface area contributed by atoms with Crippen molar-refractivity contribution in [2.24, 2.45) is 0 Å². The summed E-state index contributed by atoms with van der Waals surface area (Å²) in [4.78, 5) is 26.5. The number of carbonyl (C=O) groups excluding carboxylic acids is 2. The maximum absolute atomic E-state index is 12.5. The number of likely N-dealkylation sites (tertiary alicyclic amines) is 1. The van der Waals surface area contributed by atoms with Crippen LogP contribution in [0.1, 0.15) is 39.9 Å². The maximum atomic E-state index is 12.5. The lowest BCUT2D eigenvalue weighted by Crippen LogP contribution is -2.46. The third-order valence-electron chi connectivity index (χ3n) is 5.01. The van der Waals surface area contributed by atoms with Crippen LogP contribution in [-0.4, -0.2) is 35.8 Å². The van der Waals surface area contributed by atoms with Gasteiger partial charge in [-0.25, -0.2) is 0 Å². The summed E-state index contributed by atoms with van der Waals surface area (Å²) in [6, 6.07) is 15.6. The van der Waals surface area contributed by atoms with Gasteiger partial charge in [-0.15, -0.1) is 0 Å². The molecule has 1 N–H and O–H groups in total. The highest BCUT2D eigenvalue weighted by molar-refractivity contribution is 5.94. The van der Waals surface area contributed by atoms with Crippen molar-refractivity contribution in [3.63, 3.8) is 0 Å². The van der Waals surface area contributed by atoms with Gasteiger partial charge in [-0.3, -0.25) is 9.59 Å². The Morgan fingerprint density at radius 3 is 2.41 bits per heavy atom. The zero-order chi connectivity index (χ0) is 19.2. The first-order chi connectivity index (χ1) is 13.0. The van der Waals surface area contributed by atoms with Crippen LogP contribution in [0, 0.1) is 13.8 Å². The van der Waals surface area contributed by atoms with Crippen molar-refractivity contribution in [3.8, 4) is 0 Å². The Morgan fingerprint density at radius 2 is 1.74 bits per heavy atom. The molecular formula is C23H26N2O2. The molecule has 2 amide bonds. The van der Waals surface area contributed by atoms with E-state index in [0.29, 0.717) is 18.7 Å². The number of nitrogens with zero attached hydrogens (tertiary/aromatic N) is 1. The first-order valence-electron chi connectivity index (χ1n) is 9.43. The average Bonchev–Trinajstić information content (AvgIpc) is 2.68. The summed E-state index contributed by atoms with van der Waals surface area (Å²) in [6.07, 6.45) is 5.10. The second-order valence-corrected chi connectivity index (χ2v) is 7.13. The smallest absolute Gasteiger partial charge is 0.251 e. The standard InChI is InChI=1S/C23H26N2O2/c1-17-8-9-19(18(2)16-17)10-11-22(26)25-14-12-21(13-15-25)24-23(27)20-6-4-3-5-7-20/h3-11,16,21H,12-15H2,1-2H3,(H,24,27). The van der Waals surface area contributed by atoms with Crippen LogP contribution < -0.4 is 5.32 Å². The molecule has 0 aromatic heterocycles. The molecule has 0 spiro atoms. The van der Waals surface area contributed by atoms with Gasteiger partial charge in [-0.1, -0.05) is 42.0 Å². The van der Waals surface area contributed by atoms with Gasteiger partial charge in [0.1, 0.15) is 0 Å². The van der Waals surface area contributed by atoms with E-state index in [0.717, 1.165) is 18.4 Å². The van der Waals surface area contributed by atoms with Gasteiger partial charge in [0.25, 0.3) is 5.91 Å². The molecule has 1 aliphatic heterocycles. The molecule has 140 valence electrons. The van der Waals surface area contributed by atoms with Crippen LogP contribution in [0.4, 0.5) is 0 Å². The number of piperidine rings is 1. The largest absolute Gasteiger partial charge is 0.349 e. The van der Waals surface area contributed by atoms with Gasteiger partial charge in [0.2, 0.25) is 5.91 Å². The zero-order valence-corrected chi connectivity index (χ0v) is 15.9. The zero-order valence-electron chi connectivity index (χ0n) is 15.9. The van der Waals surface area contributed by atoms with Crippen LogP contribution in [0.2, 0.25) is 0 Å². The van der Waals surface area contributed by atoms with E-state index in [9.17, 15) is 9.59 Å². The molecule has 2 aromatic carbocycles. The summed E-state index contributed by atoms with van der Waals surface area (Å²) in [7, 11) is 0. The Kier molecular flexibility index (Phi) is 6.07. The first kappa shape index (κ1) is 18.9. The minimum atomic E-state index is -0.0462. The van der Waals surface area contributed by atoms with Gasteiger partial charge in [-0.05, 0) is 56.0 Å². The molecule has 1 aliphatic rings. The maximum Gasteiger partial charge on any atom is 0.251 e. The van der Waals surface area contributed by atoms with Crippen LogP contribution in [0.5, 0.6) is 0 Å². The van der Waals surface area contributed by atoms with E-state index in [-0.39, 0.29) is 17.9 Å². The fraction of sp³-hybridized carbons (Fsp3) is 0.304. The lowest BCUT2D eigenvalue weighted by Gasteiger charge is -2.31. The highest BCUT2D eigenvalue weighted by Crippen LogP contribution is 2.15. The molecule has 0 saturated carbocycles. The Labute approximate surface area is 160 Å². The monoisotopic (exact) mass is 362 g/mol. The quantitative estimate of drug-likeness (QED) is 0.843. The molecule has 0 atom stereocenters. The summed E-state index contributed by atoms with van der Waals surface area (Å²) in [6.45, 7) is 5.44. The third kappa shape index (κ3) is 5.07. The van der Waals surface area contributed by atoms with E-state index in [4.69, 9.17) is 0 Å². The van der Waals surface area contributed by atoms with Gasteiger partial charge in [-0.2, -0.15) is 0 Å². The second-order valence-electron chi connectivity index (χ2n) is 7.13. The van der Waals surface area contributed by atoms with Crippen molar-refractivity contribution in [3.05, 3.63) is 76.9 Å². The molecule has 4 nitrogen and oxygen atoms in total. The number of rotatable bonds is 4. The van der Waals surface area contributed by atoms with E-state index in [2.05, 4.69) is 31.3 Å². The van der Waals surface area contributed by atoms with Crippen molar-refractivity contribution < 1.29 is 9.59 Å². The molecule has 4 heteroatoms. The summed E-state index contributed by atoms with van der Waals surface area (Å²) < 4.78 is 0. The number of carbonyl (C=O) groups is 2. The topological polar surface area (TPSA) is 49.4 Å². The Balaban J connectivity index is 1.50. The first-order valence-corrected chi connectivity index (χ1v) is 9.43. The van der Waals surface area contributed by atoms with E-state index in [1.165, 1.54) is 11.1 Å². The summed E-state index contributed by atoms with van der Waals surface area (Å²) in [5.41, 5.74) is 4.13. The molecule has 1 heterocycles. The van der Waals surface area contributed by atoms with E-state index >= 15 is 0 Å². The van der Waals surface area contributed by atoms with Gasteiger partial charge in [0.05, 0.1) is 0 Å². The Bertz CT molecular complexity index is 835. The van der Waals surface area contributed by atoms with Crippen LogP contribution in [-0.2, 0) is 4.79 Å². The summed E-state index contributed by atoms with van der Waals surface area (Å²) in [5.74, 6) is -0.0158. The number of nitrogens with one attached hydrogen (secondary N) is 1. The lowest BCUT2D eigenvalue weighted by molar-refractivity contribution is -0.126. The predicted octanol–water partition coefficient (Wildman–Crippen LogP) is 3.74. The van der Waals surface area contributed by atoms with Crippen molar-refractivity contribution in [2.75, 3.05) is 13.1 Å². The van der Waals surface area contributed by atoms with Gasteiger partial charge >= 0.3 is 0 Å². The molecule has 0 unspecified atom stereocenters. The number of aryl methyl sites for hydroxylation is 2. The van der Waals surface area contributed by atoms with Gasteiger partial charge < -0.3 is 10.2 Å². The fourth-order valence-corrected chi connectivity index (χ4v) is 3.38. The average molecular weight is 362 g/mol. The van der Waals surface area contributed by atoms with Gasteiger partial charge in [0, 0.05) is 30.8 Å². The molecule has 2 aromatic rings. The van der Waals surface area contributed by atoms with Crippen LogP contribution in [0.15, 0.2) is 54.6 Å². The SMILES string of the molecule is Cc1ccc(C=CC(=O)N2CCC(NC(=O)c3ccccc3)CC2)c(C)c1. The van der Waals surface area contributed by atoms with Crippen LogP contribution in [0.25, 0.3) is 6.08 Å². The number of hydrogen-bond acceptors (Lipinski definition) is 2. The number of amides is 2. The molecular weight excluding hydrogens is 336 g/mol. The molecule has 1 fully saturated rings. The van der Waals surface area contributed by atoms with E-state index < -0.39 is 0 Å². The minimum absolute atomic E-state index is 0.0304. The molecule has 0 aliphatic carbocycles. The minimum Gasteiger partial charge on any atom is -0.349 e. The van der Waals surface area contributed by atoms with Gasteiger partial charge in [0.15, 0.2) is 0 Å². The molecule has 0 bridgehead atoms. The number of benzene rings is 2. The Morgan fingerprint density at radius 1 is 1.04 bits per heavy atom. The third-order valence-corrected chi connectivity index (χ3v) is 5.01. The van der Waals surface area contributed by atoms with Crippen molar-refractivity contribution in [1.82, 2.24) is 10.2 Å². The fourth-order valence-electron chi connectivity index (χ4n) is 3.38. The highest BCUT2D eigenvalue weighted by Gasteiger charge is 2.23. The molecule has 27 heavy (non-hydrogen) atoms. The van der Waals surface area contributed by atoms with Crippen molar-refractivity contribution in [1.29, 1.82) is 0 Å². The Hall–Kier alpha value is -2.88. The summed E-state index contributed by atoms with van der Waals surface area (Å²) >= 11 is 0. The highest BCUT2D eigenvalue weighted by atomic mass is 16.2. The van der Waals surface area contributed by atoms with E-state index in [1.54, 1.807) is 6.08 Å². The second kappa shape index (κ2) is 8.67. The lowest BCUT2D eigenvalue weighted by atomic mass is 10.0. The molecule has 3 rings (SSSR count).